The van der Waals surface area contributed by atoms with Crippen molar-refractivity contribution in [1.29, 1.82) is 0 Å². The van der Waals surface area contributed by atoms with E-state index in [1.54, 1.807) is 10.6 Å². The van der Waals surface area contributed by atoms with Gasteiger partial charge in [-0.1, -0.05) is 12.1 Å². The number of nitrogens with zero attached hydrogens (tertiary/aromatic N) is 3. The summed E-state index contributed by atoms with van der Waals surface area (Å²) in [6.07, 6.45) is 1.49. The van der Waals surface area contributed by atoms with E-state index in [0.29, 0.717) is 35.6 Å². The molecule has 0 aliphatic carbocycles. The first-order valence-corrected chi connectivity index (χ1v) is 12.4. The van der Waals surface area contributed by atoms with Crippen molar-refractivity contribution in [2.45, 2.75) is 25.4 Å². The molecule has 208 valence electrons. The van der Waals surface area contributed by atoms with Gasteiger partial charge in [-0.3, -0.25) is 9.59 Å². The molecule has 10 nitrogen and oxygen atoms in total. The van der Waals surface area contributed by atoms with Gasteiger partial charge in [-0.25, -0.2) is 13.6 Å². The molecule has 0 amide bonds. The largest absolute Gasteiger partial charge is 0.487 e. The Morgan fingerprint density at radius 3 is 2.46 bits per heavy atom. The second-order valence-corrected chi connectivity index (χ2v) is 9.75. The van der Waals surface area contributed by atoms with Crippen LogP contribution < -0.4 is 20.8 Å². The summed E-state index contributed by atoms with van der Waals surface area (Å²) in [6, 6.07) is 5.78. The zero-order chi connectivity index (χ0) is 28.4. The lowest BCUT2D eigenvalue weighted by molar-refractivity contribution is -0.138. The molecule has 0 saturated carbocycles. The summed E-state index contributed by atoms with van der Waals surface area (Å²) >= 11 is 0. The van der Waals surface area contributed by atoms with Crippen LogP contribution in [0.25, 0.3) is 10.9 Å². The second kappa shape index (κ2) is 11.4. The van der Waals surface area contributed by atoms with Gasteiger partial charge in [-0.05, 0) is 44.2 Å². The number of piperazine rings is 1. The standard InChI is InChI=1S/C18H20FN3O4.C9H10FNO2/c1-10-9-26-17-14-11(16(23)12(18(24)25)8-22(10)14)7-13(19)15(17)21-5-3-20(2)4-6-21;10-7-3-1-2-6(4-7)5-8(11)9(12)13/h7-8,10H,3-6,9H2,1-2H3,(H,24,25);1-4,8H,5,11H2,(H,12,13). The number of benzene rings is 2. The fourth-order valence-corrected chi connectivity index (χ4v) is 4.69. The van der Waals surface area contributed by atoms with Gasteiger partial charge in [0.25, 0.3) is 0 Å². The number of hydrogen-bond donors (Lipinski definition) is 3. The molecule has 2 unspecified atom stereocenters. The molecule has 12 heteroatoms. The van der Waals surface area contributed by atoms with Crippen molar-refractivity contribution in [2.24, 2.45) is 5.73 Å². The Labute approximate surface area is 222 Å². The number of rotatable bonds is 5. The molecule has 3 aromatic rings. The number of hydrogen-bond acceptors (Lipinski definition) is 7. The third-order valence-corrected chi connectivity index (χ3v) is 6.85. The number of pyridine rings is 1. The third kappa shape index (κ3) is 5.86. The van der Waals surface area contributed by atoms with Crippen LogP contribution in [0.4, 0.5) is 14.5 Å². The van der Waals surface area contributed by atoms with E-state index in [0.717, 1.165) is 19.2 Å². The Balaban J connectivity index is 0.000000229. The van der Waals surface area contributed by atoms with Crippen LogP contribution in [0.1, 0.15) is 28.9 Å². The number of likely N-dealkylation sites (N-methyl/N-ethyl adjacent to an activating group) is 1. The van der Waals surface area contributed by atoms with E-state index >= 15 is 0 Å². The number of aromatic nitrogens is 1. The SMILES string of the molecule is CC1COc2c(N3CCN(C)CC3)c(F)cc3c(=O)c(C(=O)O)cn1c23.NC(Cc1cccc(F)c1)C(=O)O. The van der Waals surface area contributed by atoms with Crippen molar-refractivity contribution in [3.05, 3.63) is 69.5 Å². The number of aliphatic carboxylic acids is 1. The van der Waals surface area contributed by atoms with E-state index in [1.165, 1.54) is 24.4 Å². The summed E-state index contributed by atoms with van der Waals surface area (Å²) < 4.78 is 35.2. The first kappa shape index (κ1) is 28.0. The lowest BCUT2D eigenvalue weighted by Gasteiger charge is -2.37. The molecule has 0 radical (unpaired) electrons. The van der Waals surface area contributed by atoms with Crippen LogP contribution in [-0.4, -0.2) is 77.5 Å². The van der Waals surface area contributed by atoms with E-state index in [-0.39, 0.29) is 35.8 Å². The summed E-state index contributed by atoms with van der Waals surface area (Å²) in [4.78, 5) is 38.5. The summed E-state index contributed by atoms with van der Waals surface area (Å²) in [6.45, 7) is 5.08. The van der Waals surface area contributed by atoms with Crippen molar-refractivity contribution >= 4 is 28.5 Å². The third-order valence-electron chi connectivity index (χ3n) is 6.85. The van der Waals surface area contributed by atoms with Crippen molar-refractivity contribution in [3.63, 3.8) is 0 Å². The minimum absolute atomic E-state index is 0.0434. The van der Waals surface area contributed by atoms with Crippen molar-refractivity contribution in [3.8, 4) is 5.75 Å². The number of ether oxygens (including phenoxy) is 1. The fraction of sp³-hybridized carbons (Fsp3) is 0.370. The number of aromatic carboxylic acids is 1. The van der Waals surface area contributed by atoms with Gasteiger partial charge in [-0.2, -0.15) is 0 Å². The number of carboxylic acids is 2. The van der Waals surface area contributed by atoms with E-state index < -0.39 is 29.2 Å². The van der Waals surface area contributed by atoms with Gasteiger partial charge in [-0.15, -0.1) is 0 Å². The van der Waals surface area contributed by atoms with Crippen LogP contribution in [0, 0.1) is 11.6 Å². The number of halogens is 2. The normalized spacial score (nSPS) is 17.7. The average molecular weight is 545 g/mol. The molecule has 0 bridgehead atoms. The van der Waals surface area contributed by atoms with Gasteiger partial charge < -0.3 is 35.1 Å². The minimum Gasteiger partial charge on any atom is -0.487 e. The van der Waals surface area contributed by atoms with E-state index in [9.17, 15) is 28.3 Å². The number of nitrogens with two attached hydrogens (primary N) is 1. The number of carbonyl (C=O) groups is 2. The van der Waals surface area contributed by atoms with Crippen molar-refractivity contribution < 1.29 is 33.3 Å². The van der Waals surface area contributed by atoms with Crippen LogP contribution in [0.3, 0.4) is 0 Å². The van der Waals surface area contributed by atoms with Gasteiger partial charge in [0, 0.05) is 32.4 Å². The summed E-state index contributed by atoms with van der Waals surface area (Å²) in [7, 11) is 2.02. The molecule has 1 fully saturated rings. The minimum atomic E-state index is -1.32. The molecular formula is C27H30F2N4O6. The Morgan fingerprint density at radius 1 is 1.15 bits per heavy atom. The molecule has 39 heavy (non-hydrogen) atoms. The van der Waals surface area contributed by atoms with E-state index in [1.807, 2.05) is 18.9 Å². The zero-order valence-corrected chi connectivity index (χ0v) is 21.6. The fourth-order valence-electron chi connectivity index (χ4n) is 4.69. The molecule has 0 spiro atoms. The van der Waals surface area contributed by atoms with Gasteiger partial charge in [0.1, 0.15) is 29.7 Å². The maximum atomic E-state index is 15.0. The Hall–Kier alpha value is -4.03. The quantitative estimate of drug-likeness (QED) is 0.442. The summed E-state index contributed by atoms with van der Waals surface area (Å²) in [5.74, 6) is -3.00. The molecule has 2 aliphatic rings. The van der Waals surface area contributed by atoms with Crippen LogP contribution in [0.2, 0.25) is 0 Å². The summed E-state index contributed by atoms with van der Waals surface area (Å²) in [5, 5.41) is 17.9. The average Bonchev–Trinajstić information content (AvgIpc) is 2.88. The maximum absolute atomic E-state index is 15.0. The van der Waals surface area contributed by atoms with Crippen LogP contribution in [-0.2, 0) is 11.2 Å². The first-order valence-electron chi connectivity index (χ1n) is 12.4. The molecule has 2 atom stereocenters. The Morgan fingerprint density at radius 2 is 1.85 bits per heavy atom. The highest BCUT2D eigenvalue weighted by atomic mass is 19.1. The topological polar surface area (TPSA) is 138 Å². The Kier molecular flexibility index (Phi) is 8.17. The van der Waals surface area contributed by atoms with Crippen LogP contribution in [0.15, 0.2) is 41.3 Å². The first-order chi connectivity index (χ1) is 18.5. The molecule has 2 aromatic carbocycles. The zero-order valence-electron chi connectivity index (χ0n) is 21.6. The Bertz CT molecular complexity index is 1470. The summed E-state index contributed by atoms with van der Waals surface area (Å²) in [5.41, 5.74) is 5.65. The van der Waals surface area contributed by atoms with Gasteiger partial charge in [0.2, 0.25) is 5.43 Å². The molecule has 1 aromatic heterocycles. The maximum Gasteiger partial charge on any atom is 0.341 e. The van der Waals surface area contributed by atoms with Crippen LogP contribution in [0.5, 0.6) is 5.75 Å². The lowest BCUT2D eigenvalue weighted by atomic mass is 10.1. The highest BCUT2D eigenvalue weighted by Gasteiger charge is 2.31. The van der Waals surface area contributed by atoms with E-state index in [2.05, 4.69) is 4.90 Å². The van der Waals surface area contributed by atoms with E-state index in [4.69, 9.17) is 15.6 Å². The molecule has 1 saturated heterocycles. The van der Waals surface area contributed by atoms with Crippen molar-refractivity contribution in [2.75, 3.05) is 44.7 Å². The highest BCUT2D eigenvalue weighted by Crippen LogP contribution is 2.42. The predicted molar refractivity (Wildman–Crippen MR) is 141 cm³/mol. The van der Waals surface area contributed by atoms with Gasteiger partial charge in [0.15, 0.2) is 11.6 Å². The smallest absolute Gasteiger partial charge is 0.341 e. The lowest BCUT2D eigenvalue weighted by Crippen LogP contribution is -2.45. The van der Waals surface area contributed by atoms with Gasteiger partial charge in [0.05, 0.1) is 16.9 Å². The number of anilines is 1. The van der Waals surface area contributed by atoms with Crippen LogP contribution >= 0.6 is 0 Å². The van der Waals surface area contributed by atoms with Gasteiger partial charge >= 0.3 is 11.9 Å². The molecule has 3 heterocycles. The number of carboxylic acid groups (broad SMARTS) is 2. The predicted octanol–water partition coefficient (Wildman–Crippen LogP) is 2.32. The van der Waals surface area contributed by atoms with Crippen molar-refractivity contribution in [1.82, 2.24) is 9.47 Å². The molecular weight excluding hydrogens is 514 g/mol. The molecule has 2 aliphatic heterocycles. The monoisotopic (exact) mass is 544 g/mol. The second-order valence-electron chi connectivity index (χ2n) is 9.75. The highest BCUT2D eigenvalue weighted by molar-refractivity contribution is 5.97. The molecule has 5 rings (SSSR count). The molecule has 4 N–H and O–H groups in total.